The molecule has 2 rings (SSSR count). The van der Waals surface area contributed by atoms with Crippen molar-refractivity contribution in [2.24, 2.45) is 0 Å². The summed E-state index contributed by atoms with van der Waals surface area (Å²) in [5.74, 6) is 0. The van der Waals surface area contributed by atoms with Crippen LogP contribution in [0.15, 0.2) is 12.1 Å². The van der Waals surface area contributed by atoms with Crippen LogP contribution in [0.2, 0.25) is 0 Å². The molecule has 1 aliphatic carbocycles. The zero-order valence-corrected chi connectivity index (χ0v) is 8.36. The van der Waals surface area contributed by atoms with E-state index in [4.69, 9.17) is 19.6 Å². The lowest BCUT2D eigenvalue weighted by molar-refractivity contribution is 0.660. The SMILES string of the molecule is [B]c1ccc2c(c1C)CC[C@@H]2NCl. The van der Waals surface area contributed by atoms with Crippen molar-refractivity contribution < 1.29 is 0 Å². The van der Waals surface area contributed by atoms with E-state index in [1.165, 1.54) is 16.7 Å². The Morgan fingerprint density at radius 1 is 1.54 bits per heavy atom. The second-order valence-corrected chi connectivity index (χ2v) is 3.77. The summed E-state index contributed by atoms with van der Waals surface area (Å²) in [4.78, 5) is 2.80. The van der Waals surface area contributed by atoms with Crippen molar-refractivity contribution in [2.75, 3.05) is 0 Å². The summed E-state index contributed by atoms with van der Waals surface area (Å²) in [5, 5.41) is 0. The van der Waals surface area contributed by atoms with E-state index < -0.39 is 0 Å². The van der Waals surface area contributed by atoms with Crippen molar-refractivity contribution in [2.45, 2.75) is 25.8 Å². The van der Waals surface area contributed by atoms with Crippen LogP contribution in [0.25, 0.3) is 0 Å². The van der Waals surface area contributed by atoms with E-state index >= 15 is 0 Å². The first-order valence-corrected chi connectivity index (χ1v) is 4.86. The number of halogens is 1. The molecule has 0 aromatic heterocycles. The van der Waals surface area contributed by atoms with Crippen molar-refractivity contribution in [1.82, 2.24) is 4.84 Å². The van der Waals surface area contributed by atoms with Crippen molar-refractivity contribution in [1.29, 1.82) is 0 Å². The minimum atomic E-state index is 0.302. The molecular formula is C10H11BClN. The number of rotatable bonds is 1. The Hall–Kier alpha value is -0.465. The molecule has 0 saturated heterocycles. The minimum Gasteiger partial charge on any atom is -0.226 e. The maximum atomic E-state index is 5.83. The quantitative estimate of drug-likeness (QED) is 0.524. The van der Waals surface area contributed by atoms with Gasteiger partial charge in [0, 0.05) is 6.04 Å². The number of nitrogens with one attached hydrogen (secondary N) is 1. The van der Waals surface area contributed by atoms with E-state index in [-0.39, 0.29) is 0 Å². The van der Waals surface area contributed by atoms with Gasteiger partial charge < -0.3 is 0 Å². The third kappa shape index (κ3) is 1.38. The van der Waals surface area contributed by atoms with Gasteiger partial charge in [-0.2, -0.15) is 0 Å². The zero-order chi connectivity index (χ0) is 9.42. The first-order chi connectivity index (χ1) is 6.24. The molecule has 0 saturated carbocycles. The monoisotopic (exact) mass is 191 g/mol. The highest BCUT2D eigenvalue weighted by atomic mass is 35.5. The van der Waals surface area contributed by atoms with Crippen LogP contribution < -0.4 is 10.3 Å². The van der Waals surface area contributed by atoms with Crippen LogP contribution in [-0.4, -0.2) is 7.85 Å². The number of hydrogen-bond acceptors (Lipinski definition) is 1. The van der Waals surface area contributed by atoms with Crippen molar-refractivity contribution in [3.05, 3.63) is 28.8 Å². The number of benzene rings is 1. The molecular weight excluding hydrogens is 180 g/mol. The maximum absolute atomic E-state index is 5.83. The van der Waals surface area contributed by atoms with E-state index in [9.17, 15) is 0 Å². The van der Waals surface area contributed by atoms with Gasteiger partial charge in [-0.3, -0.25) is 0 Å². The van der Waals surface area contributed by atoms with Gasteiger partial charge in [0.1, 0.15) is 7.85 Å². The second kappa shape index (κ2) is 3.35. The molecule has 1 N–H and O–H groups in total. The van der Waals surface area contributed by atoms with E-state index in [1.807, 2.05) is 6.07 Å². The van der Waals surface area contributed by atoms with Crippen LogP contribution in [0, 0.1) is 6.92 Å². The molecule has 1 aliphatic rings. The summed E-state index contributed by atoms with van der Waals surface area (Å²) in [5.41, 5.74) is 4.78. The third-order valence-corrected chi connectivity index (χ3v) is 3.13. The summed E-state index contributed by atoms with van der Waals surface area (Å²) in [6.07, 6.45) is 2.15. The highest BCUT2D eigenvalue weighted by Crippen LogP contribution is 2.32. The van der Waals surface area contributed by atoms with Gasteiger partial charge >= 0.3 is 0 Å². The lowest BCUT2D eigenvalue weighted by Crippen LogP contribution is -2.12. The lowest BCUT2D eigenvalue weighted by atomic mass is 9.87. The molecule has 1 atom stereocenters. The number of hydrogen-bond donors (Lipinski definition) is 1. The smallest absolute Gasteiger partial charge is 0.114 e. The van der Waals surface area contributed by atoms with E-state index in [2.05, 4.69) is 17.8 Å². The van der Waals surface area contributed by atoms with Gasteiger partial charge in [-0.1, -0.05) is 23.2 Å². The molecule has 2 radical (unpaired) electrons. The first kappa shape index (κ1) is 9.10. The van der Waals surface area contributed by atoms with Crippen LogP contribution in [0.4, 0.5) is 0 Å². The Kier molecular flexibility index (Phi) is 2.35. The molecule has 66 valence electrons. The fraction of sp³-hybridized carbons (Fsp3) is 0.400. The van der Waals surface area contributed by atoms with Crippen molar-refractivity contribution in [3.63, 3.8) is 0 Å². The molecule has 1 aromatic carbocycles. The van der Waals surface area contributed by atoms with Crippen LogP contribution in [0.1, 0.15) is 29.2 Å². The molecule has 0 fully saturated rings. The topological polar surface area (TPSA) is 12.0 Å². The van der Waals surface area contributed by atoms with Gasteiger partial charge in [0.2, 0.25) is 0 Å². The molecule has 0 amide bonds. The molecule has 0 aliphatic heterocycles. The van der Waals surface area contributed by atoms with E-state index in [0.29, 0.717) is 6.04 Å². The Bertz CT molecular complexity index is 338. The second-order valence-electron chi connectivity index (χ2n) is 3.55. The fourth-order valence-electron chi connectivity index (χ4n) is 2.01. The predicted octanol–water partition coefficient (Wildman–Crippen LogP) is 1.52. The van der Waals surface area contributed by atoms with Crippen molar-refractivity contribution >= 4 is 25.1 Å². The summed E-state index contributed by atoms with van der Waals surface area (Å²) in [6.45, 7) is 2.07. The first-order valence-electron chi connectivity index (χ1n) is 4.48. The minimum absolute atomic E-state index is 0.302. The average Bonchev–Trinajstić information content (AvgIpc) is 2.55. The average molecular weight is 191 g/mol. The largest absolute Gasteiger partial charge is 0.226 e. The van der Waals surface area contributed by atoms with Gasteiger partial charge in [0.25, 0.3) is 0 Å². The van der Waals surface area contributed by atoms with Crippen molar-refractivity contribution in [3.8, 4) is 0 Å². The fourth-order valence-corrected chi connectivity index (χ4v) is 2.24. The summed E-state index contributed by atoms with van der Waals surface area (Å²) < 4.78 is 0. The lowest BCUT2D eigenvalue weighted by Gasteiger charge is -2.11. The normalized spacial score (nSPS) is 20.3. The van der Waals surface area contributed by atoms with Crippen LogP contribution >= 0.6 is 11.8 Å². The maximum Gasteiger partial charge on any atom is 0.114 e. The Morgan fingerprint density at radius 2 is 2.31 bits per heavy atom. The van der Waals surface area contributed by atoms with Gasteiger partial charge in [-0.15, -0.1) is 0 Å². The molecule has 0 unspecified atom stereocenters. The molecule has 13 heavy (non-hydrogen) atoms. The Labute approximate surface area is 85.0 Å². The molecule has 1 nitrogen and oxygen atoms in total. The van der Waals surface area contributed by atoms with Crippen LogP contribution in [0.5, 0.6) is 0 Å². The Balaban J connectivity index is 2.50. The van der Waals surface area contributed by atoms with Gasteiger partial charge in [-0.25, -0.2) is 4.84 Å². The summed E-state index contributed by atoms with van der Waals surface area (Å²) in [7, 11) is 5.83. The highest BCUT2D eigenvalue weighted by Gasteiger charge is 2.22. The molecule has 0 bridgehead atoms. The van der Waals surface area contributed by atoms with Gasteiger partial charge in [0.15, 0.2) is 0 Å². The standard InChI is InChI=1S/C10H11BClN/c1-6-7-3-5-10(13-12)8(7)2-4-9(6)11/h2,4,10,13H,3,5H2,1H3/t10-/m0/s1. The third-order valence-electron chi connectivity index (χ3n) is 2.87. The number of fused-ring (bicyclic) bond motifs is 1. The predicted molar refractivity (Wildman–Crippen MR) is 56.6 cm³/mol. The van der Waals surface area contributed by atoms with Gasteiger partial charge in [-0.05, 0) is 42.7 Å². The molecule has 0 heterocycles. The van der Waals surface area contributed by atoms with E-state index in [1.54, 1.807) is 0 Å². The van der Waals surface area contributed by atoms with E-state index in [0.717, 1.165) is 18.3 Å². The van der Waals surface area contributed by atoms with Crippen LogP contribution in [0.3, 0.4) is 0 Å². The summed E-state index contributed by atoms with van der Waals surface area (Å²) >= 11 is 5.65. The molecule has 3 heteroatoms. The highest BCUT2D eigenvalue weighted by molar-refractivity contribution is 6.33. The summed E-state index contributed by atoms with van der Waals surface area (Å²) in [6, 6.07) is 4.33. The molecule has 0 spiro atoms. The molecule has 1 aromatic rings. The zero-order valence-electron chi connectivity index (χ0n) is 7.60. The Morgan fingerprint density at radius 3 is 3.00 bits per heavy atom. The van der Waals surface area contributed by atoms with Gasteiger partial charge in [0.05, 0.1) is 0 Å². The van der Waals surface area contributed by atoms with Crippen LogP contribution in [-0.2, 0) is 6.42 Å².